The third-order valence-electron chi connectivity index (χ3n) is 4.18. The molecule has 29 heavy (non-hydrogen) atoms. The summed E-state index contributed by atoms with van der Waals surface area (Å²) in [5.41, 5.74) is 1.25. The fourth-order valence-electron chi connectivity index (χ4n) is 2.59. The second-order valence-corrected chi connectivity index (χ2v) is 9.71. The van der Waals surface area contributed by atoms with E-state index >= 15 is 0 Å². The summed E-state index contributed by atoms with van der Waals surface area (Å²) in [5, 5.41) is 2.34. The van der Waals surface area contributed by atoms with Gasteiger partial charge in [-0.25, -0.2) is 10.1 Å². The van der Waals surface area contributed by atoms with Gasteiger partial charge in [-0.2, -0.15) is 0 Å². The van der Waals surface area contributed by atoms with Gasteiger partial charge in [-0.1, -0.05) is 61.6 Å². The van der Waals surface area contributed by atoms with Crippen molar-refractivity contribution in [1.29, 1.82) is 0 Å². The summed E-state index contributed by atoms with van der Waals surface area (Å²) in [6.07, 6.45) is -0.302. The molecule has 0 aromatic heterocycles. The van der Waals surface area contributed by atoms with Crippen LogP contribution in [0.4, 0.5) is 4.79 Å². The Morgan fingerprint density at radius 1 is 1.03 bits per heavy atom. The number of hydrogen-bond donors (Lipinski definition) is 1. The number of carbonyl (C=O) groups is 2. The zero-order valence-electron chi connectivity index (χ0n) is 15.8. The molecule has 0 aliphatic carbocycles. The summed E-state index contributed by atoms with van der Waals surface area (Å²) in [7, 11) is 0. The Kier molecular flexibility index (Phi) is 5.64. The van der Waals surface area contributed by atoms with E-state index in [0.29, 0.717) is 23.3 Å². The first-order chi connectivity index (χ1) is 13.4. The number of hydrogen-bond acceptors (Lipinski definition) is 5. The number of carbonyl (C=O) groups excluding carboxylic acids is 2. The van der Waals surface area contributed by atoms with Crippen molar-refractivity contribution in [2.45, 2.75) is 35.9 Å². The van der Waals surface area contributed by atoms with Gasteiger partial charge in [-0.05, 0) is 47.4 Å². The Morgan fingerprint density at radius 3 is 2.21 bits per heavy atom. The van der Waals surface area contributed by atoms with Gasteiger partial charge < -0.3 is 14.2 Å². The highest BCUT2D eigenvalue weighted by Crippen LogP contribution is 2.49. The van der Waals surface area contributed by atoms with E-state index in [9.17, 15) is 9.59 Å². The third-order valence-corrected chi connectivity index (χ3v) is 4.93. The fraction of sp³-hybridized carbons (Fsp3) is 0.300. The Balaban J connectivity index is 1.82. The lowest BCUT2D eigenvalue weighted by molar-refractivity contribution is -0.0964. The van der Waals surface area contributed by atoms with Crippen molar-refractivity contribution in [3.8, 4) is 17.2 Å². The Hall–Kier alpha value is -2.15. The minimum Gasteiger partial charge on any atom is -0.428 e. The van der Waals surface area contributed by atoms with Gasteiger partial charge in [0, 0.05) is 5.56 Å². The first-order valence-corrected chi connectivity index (χ1v) is 9.71. The van der Waals surface area contributed by atoms with Crippen molar-refractivity contribution in [2.24, 2.45) is 0 Å². The second-order valence-electron chi connectivity index (χ2n) is 7.43. The van der Waals surface area contributed by atoms with E-state index in [-0.39, 0.29) is 11.2 Å². The minimum atomic E-state index is -2.19. The molecule has 1 heterocycles. The van der Waals surface area contributed by atoms with E-state index in [2.05, 4.69) is 5.32 Å². The molecular weight excluding hydrogens is 441 g/mol. The van der Waals surface area contributed by atoms with Gasteiger partial charge in [-0.15, -0.1) is 0 Å². The molecule has 0 unspecified atom stereocenters. The molecule has 1 atom stereocenters. The molecule has 6 nitrogen and oxygen atoms in total. The van der Waals surface area contributed by atoms with Crippen LogP contribution in [-0.4, -0.2) is 22.1 Å². The Bertz CT molecular complexity index is 935. The molecule has 2 aromatic carbocycles. The molecule has 0 fully saturated rings. The highest BCUT2D eigenvalue weighted by Gasteiger charge is 2.60. The SMILES string of the molecule is CC(C)(C)c1ccc2c(c1)O[C@@](NC(=O)Oc1ccc(C=O)cc1)(C(Cl)(Cl)Cl)O2. The number of nitrogens with one attached hydrogen (secondary N) is 1. The second kappa shape index (κ2) is 7.59. The van der Waals surface area contributed by atoms with Crippen LogP contribution in [0.5, 0.6) is 17.2 Å². The van der Waals surface area contributed by atoms with Crippen LogP contribution in [0.3, 0.4) is 0 Å². The number of amides is 1. The molecule has 1 N–H and O–H groups in total. The minimum absolute atomic E-state index is 0.149. The lowest BCUT2D eigenvalue weighted by atomic mass is 9.87. The van der Waals surface area contributed by atoms with Gasteiger partial charge in [0.1, 0.15) is 12.0 Å². The molecule has 0 saturated heterocycles. The van der Waals surface area contributed by atoms with Gasteiger partial charge in [0.2, 0.25) is 0 Å². The fourth-order valence-corrected chi connectivity index (χ4v) is 2.96. The maximum Gasteiger partial charge on any atom is 0.418 e. The molecule has 3 rings (SSSR count). The number of aldehydes is 1. The molecule has 0 radical (unpaired) electrons. The maximum atomic E-state index is 12.4. The van der Waals surface area contributed by atoms with Crippen molar-refractivity contribution in [3.05, 3.63) is 53.6 Å². The summed E-state index contributed by atoms with van der Waals surface area (Å²) in [5.74, 6) is -1.33. The molecule has 0 bridgehead atoms. The van der Waals surface area contributed by atoms with Crippen molar-refractivity contribution >= 4 is 47.2 Å². The number of fused-ring (bicyclic) bond motifs is 1. The topological polar surface area (TPSA) is 73.9 Å². The normalized spacial score (nSPS) is 18.3. The first kappa shape index (κ1) is 21.6. The average molecular weight is 459 g/mol. The molecule has 9 heteroatoms. The number of halogens is 3. The lowest BCUT2D eigenvalue weighted by Crippen LogP contribution is -2.64. The number of alkyl halides is 3. The van der Waals surface area contributed by atoms with Crippen LogP contribution in [0.25, 0.3) is 0 Å². The van der Waals surface area contributed by atoms with E-state index in [1.54, 1.807) is 12.1 Å². The summed E-state index contributed by atoms with van der Waals surface area (Å²) in [6, 6.07) is 11.2. The maximum absolute atomic E-state index is 12.4. The van der Waals surface area contributed by atoms with Crippen LogP contribution in [0.1, 0.15) is 36.7 Å². The van der Waals surface area contributed by atoms with Crippen LogP contribution in [0.2, 0.25) is 0 Å². The zero-order chi connectivity index (χ0) is 21.4. The summed E-state index contributed by atoms with van der Waals surface area (Å²) in [6.45, 7) is 6.12. The molecule has 2 aromatic rings. The van der Waals surface area contributed by atoms with Crippen LogP contribution >= 0.6 is 34.8 Å². The van der Waals surface area contributed by atoms with Crippen molar-refractivity contribution in [3.63, 3.8) is 0 Å². The molecular formula is C20H18Cl3NO5. The van der Waals surface area contributed by atoms with E-state index in [1.807, 2.05) is 26.8 Å². The van der Waals surface area contributed by atoms with Crippen LogP contribution in [0, 0.1) is 0 Å². The van der Waals surface area contributed by atoms with E-state index < -0.39 is 15.8 Å². The number of benzene rings is 2. The van der Waals surface area contributed by atoms with Gasteiger partial charge in [-0.3, -0.25) is 4.79 Å². The van der Waals surface area contributed by atoms with E-state index in [4.69, 9.17) is 49.0 Å². The number of ether oxygens (including phenoxy) is 3. The van der Waals surface area contributed by atoms with E-state index in [0.717, 1.165) is 5.56 Å². The predicted octanol–water partition coefficient (Wildman–Crippen LogP) is 5.38. The zero-order valence-corrected chi connectivity index (χ0v) is 18.1. The summed E-state index contributed by atoms with van der Waals surface area (Å²) in [4.78, 5) is 23.1. The number of rotatable bonds is 3. The largest absolute Gasteiger partial charge is 0.428 e. The molecule has 154 valence electrons. The standard InChI is InChI=1S/C20H18Cl3NO5/c1-18(2,3)13-6-9-15-16(10-13)29-20(28-15,19(21,22)23)24-17(26)27-14-7-4-12(11-25)5-8-14/h4-11H,1-3H3,(H,24,26)/t20-/m1/s1. The Labute approximate surface area is 183 Å². The highest BCUT2D eigenvalue weighted by atomic mass is 35.6. The van der Waals surface area contributed by atoms with Crippen LogP contribution in [0.15, 0.2) is 42.5 Å². The van der Waals surface area contributed by atoms with Crippen LogP contribution < -0.4 is 19.5 Å². The van der Waals surface area contributed by atoms with Crippen molar-refractivity contribution in [1.82, 2.24) is 5.32 Å². The third kappa shape index (κ3) is 4.55. The van der Waals surface area contributed by atoms with Gasteiger partial charge in [0.25, 0.3) is 3.79 Å². The van der Waals surface area contributed by atoms with Crippen molar-refractivity contribution in [2.75, 3.05) is 0 Å². The quantitative estimate of drug-likeness (QED) is 0.494. The van der Waals surface area contributed by atoms with Gasteiger partial charge in [0.15, 0.2) is 11.5 Å². The summed E-state index contributed by atoms with van der Waals surface area (Å²) >= 11 is 18.2. The molecule has 0 spiro atoms. The monoisotopic (exact) mass is 457 g/mol. The molecule has 1 amide bonds. The molecule has 1 aliphatic rings. The average Bonchev–Trinajstić information content (AvgIpc) is 2.99. The smallest absolute Gasteiger partial charge is 0.418 e. The van der Waals surface area contributed by atoms with Gasteiger partial charge >= 0.3 is 12.0 Å². The van der Waals surface area contributed by atoms with Gasteiger partial charge in [0.05, 0.1) is 0 Å². The van der Waals surface area contributed by atoms with Crippen LogP contribution in [-0.2, 0) is 5.41 Å². The predicted molar refractivity (Wildman–Crippen MR) is 110 cm³/mol. The highest BCUT2D eigenvalue weighted by molar-refractivity contribution is 6.68. The molecule has 1 aliphatic heterocycles. The molecule has 0 saturated carbocycles. The summed E-state index contributed by atoms with van der Waals surface area (Å²) < 4.78 is 14.4. The lowest BCUT2D eigenvalue weighted by Gasteiger charge is -2.33. The Morgan fingerprint density at radius 2 is 1.66 bits per heavy atom. The van der Waals surface area contributed by atoms with E-state index in [1.165, 1.54) is 24.3 Å². The van der Waals surface area contributed by atoms with Crippen molar-refractivity contribution < 1.29 is 23.8 Å². The first-order valence-electron chi connectivity index (χ1n) is 8.58.